The minimum absolute atomic E-state index is 0.143. The maximum Gasteiger partial charge on any atom is 0.278 e. The highest BCUT2D eigenvalue weighted by atomic mass is 35.5. The molecule has 4 aromatic carbocycles. The number of H-pyrrole nitrogens is 1. The third kappa shape index (κ3) is 6.21. The molecule has 2 unspecified atom stereocenters. The molecule has 10 nitrogen and oxygen atoms in total. The summed E-state index contributed by atoms with van der Waals surface area (Å²) in [5.41, 5.74) is 7.79. The first-order valence-corrected chi connectivity index (χ1v) is 18.4. The van der Waals surface area contributed by atoms with Crippen LogP contribution in [0.25, 0.3) is 33.1 Å². The molecular weight excluding hydrogens is 707 g/mol. The van der Waals surface area contributed by atoms with Gasteiger partial charge in [0.15, 0.2) is 11.5 Å². The molecule has 0 saturated carbocycles. The van der Waals surface area contributed by atoms with Crippen LogP contribution in [0.3, 0.4) is 0 Å². The predicted molar refractivity (Wildman–Crippen MR) is 207 cm³/mol. The van der Waals surface area contributed by atoms with Crippen molar-refractivity contribution < 1.29 is 23.4 Å². The zero-order valence-electron chi connectivity index (χ0n) is 29.9. The van der Waals surface area contributed by atoms with Crippen LogP contribution in [0.4, 0.5) is 10.1 Å². The lowest BCUT2D eigenvalue weighted by Crippen LogP contribution is -2.33. The largest absolute Gasteiger partial charge is 0.444 e. The molecule has 1 amide bonds. The van der Waals surface area contributed by atoms with Crippen LogP contribution in [0, 0.1) is 5.82 Å². The van der Waals surface area contributed by atoms with Crippen LogP contribution in [0.15, 0.2) is 85.5 Å². The highest BCUT2D eigenvalue weighted by Crippen LogP contribution is 2.49. The van der Waals surface area contributed by atoms with Crippen molar-refractivity contribution in [2.24, 2.45) is 0 Å². The molecule has 1 saturated heterocycles. The van der Waals surface area contributed by atoms with Crippen molar-refractivity contribution in [1.29, 1.82) is 0 Å². The fourth-order valence-electron chi connectivity index (χ4n) is 7.54. The zero-order valence-corrected chi connectivity index (χ0v) is 30.7. The van der Waals surface area contributed by atoms with E-state index in [1.165, 1.54) is 6.07 Å². The van der Waals surface area contributed by atoms with Gasteiger partial charge in [0.1, 0.15) is 11.6 Å². The fourth-order valence-corrected chi connectivity index (χ4v) is 7.70. The van der Waals surface area contributed by atoms with Gasteiger partial charge in [-0.25, -0.2) is 9.37 Å². The topological polar surface area (TPSA) is 107 Å². The Morgan fingerprint density at radius 1 is 1.13 bits per heavy atom. The van der Waals surface area contributed by atoms with E-state index in [1.54, 1.807) is 25.1 Å². The molecule has 2 aromatic heterocycles. The predicted octanol–water partition coefficient (Wildman–Crippen LogP) is 8.71. The molecule has 0 aliphatic carbocycles. The van der Waals surface area contributed by atoms with Gasteiger partial charge in [-0.1, -0.05) is 36.4 Å². The molecule has 5 heterocycles. The quantitative estimate of drug-likeness (QED) is 0.153. The SMILES string of the molecule is C=C(C)c1n[nH]c2ccc(C(=O)Nc3ccc4c(c3)nc(CN3CC=C(c5cccc6c5OC(C)(c5ccc(Cl)cc5F)O6)CC3)n4CC3CCO3)cc12. The zero-order chi connectivity index (χ0) is 37.1. The van der Waals surface area contributed by atoms with Crippen molar-refractivity contribution in [2.45, 2.75) is 51.7 Å². The van der Waals surface area contributed by atoms with Gasteiger partial charge >= 0.3 is 0 Å². The highest BCUT2D eigenvalue weighted by molar-refractivity contribution is 6.30. The molecule has 2 atom stereocenters. The average molecular weight is 745 g/mol. The Labute approximate surface area is 316 Å². The molecule has 3 aliphatic heterocycles. The molecule has 12 heteroatoms. The minimum Gasteiger partial charge on any atom is -0.444 e. The second-order valence-electron chi connectivity index (χ2n) is 14.3. The Morgan fingerprint density at radius 2 is 2.00 bits per heavy atom. The molecule has 2 N–H and O–H groups in total. The lowest BCUT2D eigenvalue weighted by atomic mass is 9.98. The number of amides is 1. The number of nitrogens with zero attached hydrogens (tertiary/aromatic N) is 4. The normalized spacial score (nSPS) is 19.6. The number of rotatable bonds is 9. The molecule has 0 spiro atoms. The third-order valence-electron chi connectivity index (χ3n) is 10.5. The summed E-state index contributed by atoms with van der Waals surface area (Å²) < 4.78 is 35.6. The Hall–Kier alpha value is -5.49. The summed E-state index contributed by atoms with van der Waals surface area (Å²) in [7, 11) is 0. The molecule has 3 aliphatic rings. The maximum absolute atomic E-state index is 14.9. The van der Waals surface area contributed by atoms with Gasteiger partial charge in [-0.05, 0) is 91.6 Å². The van der Waals surface area contributed by atoms with Crippen LogP contribution in [-0.4, -0.2) is 56.4 Å². The number of hydrogen-bond acceptors (Lipinski definition) is 7. The van der Waals surface area contributed by atoms with Gasteiger partial charge in [0, 0.05) is 53.8 Å². The van der Waals surface area contributed by atoms with E-state index in [0.717, 1.165) is 76.2 Å². The van der Waals surface area contributed by atoms with Crippen molar-refractivity contribution >= 4 is 56.3 Å². The lowest BCUT2D eigenvalue weighted by molar-refractivity contribution is -0.0708. The van der Waals surface area contributed by atoms with Gasteiger partial charge < -0.3 is 24.1 Å². The Balaban J connectivity index is 0.934. The van der Waals surface area contributed by atoms with Crippen molar-refractivity contribution in [1.82, 2.24) is 24.6 Å². The number of aromatic amines is 1. The van der Waals surface area contributed by atoms with E-state index in [2.05, 4.69) is 37.6 Å². The fraction of sp³-hybridized carbons (Fsp3) is 0.262. The summed E-state index contributed by atoms with van der Waals surface area (Å²) in [6, 6.07) is 21.7. The molecule has 0 bridgehead atoms. The summed E-state index contributed by atoms with van der Waals surface area (Å²) in [4.78, 5) is 20.9. The number of carbonyl (C=O) groups is 1. The molecular formula is C42H38ClFN6O4. The van der Waals surface area contributed by atoms with Gasteiger partial charge in [0.2, 0.25) is 0 Å². The van der Waals surface area contributed by atoms with Crippen molar-refractivity contribution in [3.63, 3.8) is 0 Å². The number of para-hydroxylation sites is 1. The lowest BCUT2D eigenvalue weighted by Gasteiger charge is -2.29. The molecule has 54 heavy (non-hydrogen) atoms. The van der Waals surface area contributed by atoms with Gasteiger partial charge in [0.25, 0.3) is 11.7 Å². The Bertz CT molecular complexity index is 2520. The van der Waals surface area contributed by atoms with Gasteiger partial charge in [-0.2, -0.15) is 5.10 Å². The summed E-state index contributed by atoms with van der Waals surface area (Å²) in [5.74, 6) is 0.111. The molecule has 0 radical (unpaired) electrons. The summed E-state index contributed by atoms with van der Waals surface area (Å²) in [6.45, 7) is 11.3. The number of hydrogen-bond donors (Lipinski definition) is 2. The van der Waals surface area contributed by atoms with E-state index in [1.807, 2.05) is 55.5 Å². The van der Waals surface area contributed by atoms with Crippen molar-refractivity contribution in [3.05, 3.63) is 124 Å². The number of benzene rings is 4. The molecule has 6 aromatic rings. The highest BCUT2D eigenvalue weighted by Gasteiger charge is 2.42. The van der Waals surface area contributed by atoms with Crippen LogP contribution < -0.4 is 14.8 Å². The number of imidazole rings is 1. The number of anilines is 1. The summed E-state index contributed by atoms with van der Waals surface area (Å²) in [6.07, 6.45) is 4.15. The first-order valence-electron chi connectivity index (χ1n) is 18.1. The number of fused-ring (bicyclic) bond motifs is 3. The van der Waals surface area contributed by atoms with Crippen molar-refractivity contribution in [3.8, 4) is 11.5 Å². The number of allylic oxidation sites excluding steroid dienone is 1. The number of halogens is 2. The van der Waals surface area contributed by atoms with E-state index in [-0.39, 0.29) is 17.6 Å². The van der Waals surface area contributed by atoms with Gasteiger partial charge in [-0.3, -0.25) is 14.8 Å². The number of aromatic nitrogens is 4. The van der Waals surface area contributed by atoms with E-state index in [9.17, 15) is 9.18 Å². The first kappa shape index (κ1) is 34.3. The van der Waals surface area contributed by atoms with Crippen LogP contribution in [-0.2, 0) is 23.6 Å². The first-order chi connectivity index (χ1) is 26.1. The smallest absolute Gasteiger partial charge is 0.278 e. The van der Waals surface area contributed by atoms with Crippen LogP contribution in [0.5, 0.6) is 11.5 Å². The van der Waals surface area contributed by atoms with E-state index in [4.69, 9.17) is 30.8 Å². The van der Waals surface area contributed by atoms with Crippen LogP contribution >= 0.6 is 11.6 Å². The van der Waals surface area contributed by atoms with Crippen LogP contribution in [0.1, 0.15) is 59.7 Å². The Kier molecular flexibility index (Phi) is 8.52. The summed E-state index contributed by atoms with van der Waals surface area (Å²) >= 11 is 6.01. The summed E-state index contributed by atoms with van der Waals surface area (Å²) in [5, 5.41) is 11.6. The van der Waals surface area contributed by atoms with Crippen LogP contribution in [0.2, 0.25) is 5.02 Å². The standard InChI is InChI=1S/C42H38ClFN6O4/c1-24(2)39-31-19-26(7-11-34(31)47-48-39)41(51)45-28-9-12-36-35(21-28)46-38(50(36)22-29-15-18-52-29)23-49-16-13-25(14-17-49)30-5-4-6-37-40(30)54-42(3,53-37)32-10-8-27(43)20-33(32)44/h4-13,19-21,29H,1,14-18,22-23H2,2-3H3,(H,45,51)(H,47,48). The number of carbonyl (C=O) groups excluding carboxylic acids is 1. The number of ether oxygens (including phenoxy) is 3. The van der Waals surface area contributed by atoms with E-state index in [0.29, 0.717) is 47.4 Å². The molecule has 1 fully saturated rings. The Morgan fingerprint density at radius 3 is 2.76 bits per heavy atom. The van der Waals surface area contributed by atoms with E-state index < -0.39 is 11.6 Å². The van der Waals surface area contributed by atoms with Gasteiger partial charge in [-0.15, -0.1) is 0 Å². The minimum atomic E-state index is -1.32. The second kappa shape index (κ2) is 13.4. The molecule has 274 valence electrons. The number of nitrogens with one attached hydrogen (secondary N) is 2. The van der Waals surface area contributed by atoms with Gasteiger partial charge in [0.05, 0.1) is 47.0 Å². The molecule has 9 rings (SSSR count). The monoisotopic (exact) mass is 744 g/mol. The maximum atomic E-state index is 14.9. The third-order valence-corrected chi connectivity index (χ3v) is 10.7. The second-order valence-corrected chi connectivity index (χ2v) is 14.7. The van der Waals surface area contributed by atoms with Crippen molar-refractivity contribution in [2.75, 3.05) is 25.0 Å². The average Bonchev–Trinajstić information content (AvgIpc) is 3.82. The van der Waals surface area contributed by atoms with E-state index >= 15 is 0 Å².